The summed E-state index contributed by atoms with van der Waals surface area (Å²) in [5.41, 5.74) is 6.87. The molecule has 1 rings (SSSR count). The van der Waals surface area contributed by atoms with Gasteiger partial charge in [-0.2, -0.15) is 0 Å². The average Bonchev–Trinajstić information content (AvgIpc) is 2.22. The van der Waals surface area contributed by atoms with Gasteiger partial charge in [0.05, 0.1) is 11.5 Å². The minimum atomic E-state index is -0.383. The lowest BCUT2D eigenvalue weighted by Crippen LogP contribution is -2.07. The van der Waals surface area contributed by atoms with Crippen molar-refractivity contribution < 1.29 is 9.66 Å². The Balaban J connectivity index is 2.88. The molecule has 88 valence electrons. The zero-order chi connectivity index (χ0) is 12.1. The van der Waals surface area contributed by atoms with E-state index < -0.39 is 0 Å². The summed E-state index contributed by atoms with van der Waals surface area (Å²) in [4.78, 5) is 10.3. The Bertz CT molecular complexity index is 391. The standard InChI is InChI=1S/C11H16N2O3/c1-8-7-11(16-5-3-4-12)9(2)6-10(8)13(14)15/h6-7H,3-5,12H2,1-2H3. The predicted molar refractivity (Wildman–Crippen MR) is 61.7 cm³/mol. The van der Waals surface area contributed by atoms with E-state index in [9.17, 15) is 10.1 Å². The van der Waals surface area contributed by atoms with Gasteiger partial charge in [-0.25, -0.2) is 0 Å². The van der Waals surface area contributed by atoms with Crippen LogP contribution in [0.1, 0.15) is 17.5 Å². The van der Waals surface area contributed by atoms with E-state index in [0.717, 1.165) is 12.0 Å². The number of nitro groups is 1. The second kappa shape index (κ2) is 5.46. The number of benzene rings is 1. The zero-order valence-corrected chi connectivity index (χ0v) is 9.53. The summed E-state index contributed by atoms with van der Waals surface area (Å²) in [6.07, 6.45) is 0.773. The van der Waals surface area contributed by atoms with Crippen molar-refractivity contribution in [1.82, 2.24) is 0 Å². The van der Waals surface area contributed by atoms with E-state index in [2.05, 4.69) is 0 Å². The lowest BCUT2D eigenvalue weighted by molar-refractivity contribution is -0.385. The number of nitro benzene ring substituents is 1. The van der Waals surface area contributed by atoms with Crippen molar-refractivity contribution in [3.63, 3.8) is 0 Å². The number of hydrogen-bond acceptors (Lipinski definition) is 4. The monoisotopic (exact) mass is 224 g/mol. The Morgan fingerprint density at radius 2 is 2.06 bits per heavy atom. The quantitative estimate of drug-likeness (QED) is 0.471. The van der Waals surface area contributed by atoms with E-state index in [1.54, 1.807) is 19.9 Å². The molecule has 0 aliphatic heterocycles. The zero-order valence-electron chi connectivity index (χ0n) is 9.53. The largest absolute Gasteiger partial charge is 0.493 e. The van der Waals surface area contributed by atoms with Gasteiger partial charge in [0, 0.05) is 11.6 Å². The molecule has 1 aromatic carbocycles. The van der Waals surface area contributed by atoms with Crippen molar-refractivity contribution in [3.8, 4) is 5.75 Å². The maximum Gasteiger partial charge on any atom is 0.272 e. The molecule has 0 heterocycles. The smallest absolute Gasteiger partial charge is 0.272 e. The van der Waals surface area contributed by atoms with Crippen molar-refractivity contribution in [2.75, 3.05) is 13.2 Å². The van der Waals surface area contributed by atoms with Crippen LogP contribution in [0.4, 0.5) is 5.69 Å². The maximum atomic E-state index is 10.7. The van der Waals surface area contributed by atoms with Crippen LogP contribution in [0.25, 0.3) is 0 Å². The van der Waals surface area contributed by atoms with Crippen LogP contribution >= 0.6 is 0 Å². The second-order valence-corrected chi connectivity index (χ2v) is 3.65. The van der Waals surface area contributed by atoms with Gasteiger partial charge in [0.2, 0.25) is 0 Å². The highest BCUT2D eigenvalue weighted by molar-refractivity contribution is 5.49. The van der Waals surface area contributed by atoms with Crippen molar-refractivity contribution in [2.24, 2.45) is 5.73 Å². The molecule has 2 N–H and O–H groups in total. The first-order chi connectivity index (χ1) is 7.56. The minimum Gasteiger partial charge on any atom is -0.493 e. The van der Waals surface area contributed by atoms with E-state index in [1.807, 2.05) is 0 Å². The average molecular weight is 224 g/mol. The van der Waals surface area contributed by atoms with Crippen LogP contribution in [0.2, 0.25) is 0 Å². The normalized spacial score (nSPS) is 10.2. The number of nitrogens with two attached hydrogens (primary N) is 1. The third-order valence-corrected chi connectivity index (χ3v) is 2.30. The third kappa shape index (κ3) is 2.93. The predicted octanol–water partition coefficient (Wildman–Crippen LogP) is 1.94. The summed E-state index contributed by atoms with van der Waals surface area (Å²) < 4.78 is 5.49. The molecule has 0 radical (unpaired) electrons. The summed E-state index contributed by atoms with van der Waals surface area (Å²) in [6, 6.07) is 3.23. The van der Waals surface area contributed by atoms with Crippen molar-refractivity contribution in [1.29, 1.82) is 0 Å². The van der Waals surface area contributed by atoms with Crippen molar-refractivity contribution in [2.45, 2.75) is 20.3 Å². The summed E-state index contributed by atoms with van der Waals surface area (Å²) in [6.45, 7) is 4.61. The summed E-state index contributed by atoms with van der Waals surface area (Å²) in [5, 5.41) is 10.7. The molecule has 0 saturated heterocycles. The van der Waals surface area contributed by atoms with Crippen LogP contribution < -0.4 is 10.5 Å². The Kier molecular flexibility index (Phi) is 4.25. The number of hydrogen-bond donors (Lipinski definition) is 1. The van der Waals surface area contributed by atoms with Gasteiger partial charge in [0.25, 0.3) is 5.69 Å². The molecule has 1 aromatic rings. The molecule has 0 aliphatic rings. The Hall–Kier alpha value is -1.62. The van der Waals surface area contributed by atoms with E-state index in [4.69, 9.17) is 10.5 Å². The van der Waals surface area contributed by atoms with Gasteiger partial charge >= 0.3 is 0 Å². The molecule has 5 nitrogen and oxygen atoms in total. The molecule has 0 bridgehead atoms. The highest BCUT2D eigenvalue weighted by Gasteiger charge is 2.13. The molecule has 0 atom stereocenters. The highest BCUT2D eigenvalue weighted by atomic mass is 16.6. The Morgan fingerprint density at radius 1 is 1.38 bits per heavy atom. The molecule has 0 spiro atoms. The Labute approximate surface area is 94.4 Å². The topological polar surface area (TPSA) is 78.4 Å². The molecule has 16 heavy (non-hydrogen) atoms. The van der Waals surface area contributed by atoms with Crippen LogP contribution in [0.3, 0.4) is 0 Å². The summed E-state index contributed by atoms with van der Waals surface area (Å²) in [7, 11) is 0. The fourth-order valence-electron chi connectivity index (χ4n) is 1.39. The fraction of sp³-hybridized carbons (Fsp3) is 0.455. The second-order valence-electron chi connectivity index (χ2n) is 3.65. The molecule has 0 saturated carbocycles. The molecule has 0 amide bonds. The van der Waals surface area contributed by atoms with Crippen LogP contribution in [0.5, 0.6) is 5.75 Å². The first kappa shape index (κ1) is 12.4. The number of aryl methyl sites for hydroxylation is 2. The fourth-order valence-corrected chi connectivity index (χ4v) is 1.39. The maximum absolute atomic E-state index is 10.7. The number of ether oxygens (including phenoxy) is 1. The third-order valence-electron chi connectivity index (χ3n) is 2.30. The van der Waals surface area contributed by atoms with Gasteiger partial charge in [-0.3, -0.25) is 10.1 Å². The summed E-state index contributed by atoms with van der Waals surface area (Å²) in [5.74, 6) is 0.691. The van der Waals surface area contributed by atoms with Crippen LogP contribution in [-0.2, 0) is 0 Å². The van der Waals surface area contributed by atoms with Crippen LogP contribution in [0, 0.1) is 24.0 Å². The lowest BCUT2D eigenvalue weighted by atomic mass is 10.1. The van der Waals surface area contributed by atoms with Gasteiger partial charge in [-0.05, 0) is 38.4 Å². The molecule has 0 aliphatic carbocycles. The van der Waals surface area contributed by atoms with Crippen LogP contribution in [-0.4, -0.2) is 18.1 Å². The molecular weight excluding hydrogens is 208 g/mol. The first-order valence-electron chi connectivity index (χ1n) is 5.14. The number of nitrogens with zero attached hydrogens (tertiary/aromatic N) is 1. The van der Waals surface area contributed by atoms with E-state index in [0.29, 0.717) is 24.5 Å². The first-order valence-corrected chi connectivity index (χ1v) is 5.14. The number of rotatable bonds is 5. The Morgan fingerprint density at radius 3 is 2.62 bits per heavy atom. The molecule has 0 aromatic heterocycles. The molecule has 0 fully saturated rings. The van der Waals surface area contributed by atoms with Crippen molar-refractivity contribution >= 4 is 5.69 Å². The van der Waals surface area contributed by atoms with E-state index in [1.165, 1.54) is 6.07 Å². The lowest BCUT2D eigenvalue weighted by Gasteiger charge is -2.09. The minimum absolute atomic E-state index is 0.128. The van der Waals surface area contributed by atoms with Gasteiger partial charge in [0.15, 0.2) is 0 Å². The van der Waals surface area contributed by atoms with Gasteiger partial charge < -0.3 is 10.5 Å². The summed E-state index contributed by atoms with van der Waals surface area (Å²) >= 11 is 0. The molecule has 0 unspecified atom stereocenters. The van der Waals surface area contributed by atoms with Crippen molar-refractivity contribution in [3.05, 3.63) is 33.4 Å². The molecule has 5 heteroatoms. The SMILES string of the molecule is Cc1cc([N+](=O)[O-])c(C)cc1OCCCN. The van der Waals surface area contributed by atoms with E-state index in [-0.39, 0.29) is 10.6 Å². The van der Waals surface area contributed by atoms with Gasteiger partial charge in [-0.15, -0.1) is 0 Å². The van der Waals surface area contributed by atoms with E-state index >= 15 is 0 Å². The molecular formula is C11H16N2O3. The highest BCUT2D eigenvalue weighted by Crippen LogP contribution is 2.27. The van der Waals surface area contributed by atoms with Gasteiger partial charge in [-0.1, -0.05) is 0 Å². The van der Waals surface area contributed by atoms with Crippen LogP contribution in [0.15, 0.2) is 12.1 Å². The van der Waals surface area contributed by atoms with Gasteiger partial charge in [0.1, 0.15) is 5.75 Å².